The molecule has 0 saturated heterocycles. The zero-order chi connectivity index (χ0) is 18.4. The number of aromatic nitrogens is 4. The lowest BCUT2D eigenvalue weighted by molar-refractivity contribution is -0.131. The van der Waals surface area contributed by atoms with E-state index in [0.717, 1.165) is 24.7 Å². The first-order chi connectivity index (χ1) is 12.5. The van der Waals surface area contributed by atoms with Crippen molar-refractivity contribution in [2.75, 3.05) is 0 Å². The van der Waals surface area contributed by atoms with E-state index in [-0.39, 0.29) is 6.04 Å². The highest BCUT2D eigenvalue weighted by molar-refractivity contribution is 6.35. The van der Waals surface area contributed by atoms with Crippen LogP contribution in [0, 0.1) is 0 Å². The molecule has 7 nitrogen and oxygen atoms in total. The van der Waals surface area contributed by atoms with Crippen molar-refractivity contribution in [3.8, 4) is 11.3 Å². The Morgan fingerprint density at radius 2 is 2.19 bits per heavy atom. The molecule has 3 heterocycles. The number of halogens is 1. The van der Waals surface area contributed by atoms with E-state index in [1.807, 2.05) is 24.5 Å². The maximum Gasteiger partial charge on any atom is 0.328 e. The van der Waals surface area contributed by atoms with Gasteiger partial charge in [-0.1, -0.05) is 16.8 Å². The average molecular weight is 373 g/mol. The van der Waals surface area contributed by atoms with Crippen LogP contribution in [0.3, 0.4) is 0 Å². The van der Waals surface area contributed by atoms with Crippen molar-refractivity contribution in [1.29, 1.82) is 0 Å². The van der Waals surface area contributed by atoms with Crippen LogP contribution < -0.4 is 0 Å². The molecule has 1 aliphatic carbocycles. The Kier molecular flexibility index (Phi) is 4.03. The molecule has 0 atom stereocenters. The van der Waals surface area contributed by atoms with Crippen molar-refractivity contribution in [1.82, 2.24) is 19.7 Å². The number of aliphatic carboxylic acids is 1. The zero-order valence-corrected chi connectivity index (χ0v) is 15.1. The second-order valence-electron chi connectivity index (χ2n) is 6.65. The Balaban J connectivity index is 2.04. The fourth-order valence-corrected chi connectivity index (χ4v) is 3.40. The quantitative estimate of drug-likeness (QED) is 0.530. The first kappa shape index (κ1) is 16.8. The van der Waals surface area contributed by atoms with Crippen LogP contribution in [0.4, 0.5) is 0 Å². The standard InChI is InChI=1S/C18H17ClN4O3/c1-9(2)23-12(5-6-14(24)25)15(16-17(19)20-8-21-18(16)23)11-7-13(26-22-11)10-3-4-10/h5-10H,3-4H2,1-2H3,(H,24,25)/b6-5+. The average Bonchev–Trinajstić information content (AvgIpc) is 3.21. The molecule has 0 aromatic carbocycles. The van der Waals surface area contributed by atoms with Gasteiger partial charge in [0.25, 0.3) is 0 Å². The van der Waals surface area contributed by atoms with E-state index in [2.05, 4.69) is 15.1 Å². The van der Waals surface area contributed by atoms with Gasteiger partial charge in [0.2, 0.25) is 0 Å². The summed E-state index contributed by atoms with van der Waals surface area (Å²) < 4.78 is 7.43. The molecule has 134 valence electrons. The van der Waals surface area contributed by atoms with Crippen LogP contribution in [-0.2, 0) is 4.79 Å². The normalized spacial score (nSPS) is 14.8. The van der Waals surface area contributed by atoms with Crippen LogP contribution in [0.5, 0.6) is 0 Å². The van der Waals surface area contributed by atoms with Gasteiger partial charge in [-0.15, -0.1) is 0 Å². The van der Waals surface area contributed by atoms with Crippen molar-refractivity contribution in [2.45, 2.75) is 38.6 Å². The zero-order valence-electron chi connectivity index (χ0n) is 14.3. The lowest BCUT2D eigenvalue weighted by Crippen LogP contribution is -2.04. The van der Waals surface area contributed by atoms with Gasteiger partial charge in [0.15, 0.2) is 0 Å². The van der Waals surface area contributed by atoms with Crippen LogP contribution in [0.1, 0.15) is 50.1 Å². The molecule has 4 rings (SSSR count). The summed E-state index contributed by atoms with van der Waals surface area (Å²) in [4.78, 5) is 19.6. The molecule has 1 N–H and O–H groups in total. The maximum absolute atomic E-state index is 11.1. The molecule has 1 fully saturated rings. The molecule has 0 radical (unpaired) electrons. The summed E-state index contributed by atoms with van der Waals surface area (Å²) in [5, 5.41) is 14.3. The van der Waals surface area contributed by atoms with Crippen molar-refractivity contribution in [2.24, 2.45) is 0 Å². The van der Waals surface area contributed by atoms with E-state index in [0.29, 0.717) is 39.1 Å². The second kappa shape index (κ2) is 6.25. The third kappa shape index (κ3) is 2.78. The minimum atomic E-state index is -1.03. The molecule has 3 aromatic heterocycles. The summed E-state index contributed by atoms with van der Waals surface area (Å²) in [6.45, 7) is 3.99. The Morgan fingerprint density at radius 3 is 2.85 bits per heavy atom. The highest BCUT2D eigenvalue weighted by Crippen LogP contribution is 2.44. The molecule has 1 aliphatic rings. The minimum Gasteiger partial charge on any atom is -0.478 e. The number of hydrogen-bond donors (Lipinski definition) is 1. The van der Waals surface area contributed by atoms with Crippen molar-refractivity contribution < 1.29 is 14.4 Å². The number of carboxylic acid groups (broad SMARTS) is 1. The van der Waals surface area contributed by atoms with Crippen molar-refractivity contribution in [3.63, 3.8) is 0 Å². The Bertz CT molecular complexity index is 1030. The van der Waals surface area contributed by atoms with Crippen molar-refractivity contribution >= 4 is 34.7 Å². The van der Waals surface area contributed by atoms with Crippen LogP contribution >= 0.6 is 11.6 Å². The predicted octanol–water partition coefficient (Wildman–Crippen LogP) is 4.30. The molecule has 1 saturated carbocycles. The third-order valence-corrected chi connectivity index (χ3v) is 4.73. The van der Waals surface area contributed by atoms with E-state index < -0.39 is 5.97 Å². The van der Waals surface area contributed by atoms with Crippen LogP contribution in [0.15, 0.2) is 23.0 Å². The molecule has 26 heavy (non-hydrogen) atoms. The molecule has 0 amide bonds. The molecular weight excluding hydrogens is 356 g/mol. The molecule has 3 aromatic rings. The van der Waals surface area contributed by atoms with Gasteiger partial charge < -0.3 is 14.2 Å². The van der Waals surface area contributed by atoms with Gasteiger partial charge in [-0.2, -0.15) is 0 Å². The van der Waals surface area contributed by atoms with E-state index in [9.17, 15) is 4.79 Å². The largest absolute Gasteiger partial charge is 0.478 e. The molecule has 0 spiro atoms. The predicted molar refractivity (Wildman–Crippen MR) is 97.1 cm³/mol. The number of rotatable bonds is 5. The first-order valence-corrected chi connectivity index (χ1v) is 8.77. The SMILES string of the molecule is CC(C)n1c(/C=C/C(=O)O)c(-c2cc(C3CC3)on2)c2c(Cl)ncnc21. The number of carbonyl (C=O) groups is 1. The Labute approximate surface area is 154 Å². The summed E-state index contributed by atoms with van der Waals surface area (Å²) >= 11 is 6.38. The highest BCUT2D eigenvalue weighted by Gasteiger charge is 2.30. The molecule has 0 unspecified atom stereocenters. The van der Waals surface area contributed by atoms with Crippen molar-refractivity contribution in [3.05, 3.63) is 35.1 Å². The Morgan fingerprint density at radius 1 is 1.42 bits per heavy atom. The summed E-state index contributed by atoms with van der Waals surface area (Å²) in [5.41, 5.74) is 2.59. The van der Waals surface area contributed by atoms with Gasteiger partial charge in [0.05, 0.1) is 11.1 Å². The number of hydrogen-bond acceptors (Lipinski definition) is 5. The fraction of sp³-hybridized carbons (Fsp3) is 0.333. The van der Waals surface area contributed by atoms with E-state index >= 15 is 0 Å². The van der Waals surface area contributed by atoms with Gasteiger partial charge in [-0.25, -0.2) is 14.8 Å². The molecule has 0 aliphatic heterocycles. The van der Waals surface area contributed by atoms with Crippen LogP contribution in [0.2, 0.25) is 5.15 Å². The number of carboxylic acids is 1. The third-order valence-electron chi connectivity index (χ3n) is 4.44. The maximum atomic E-state index is 11.1. The van der Waals surface area contributed by atoms with Gasteiger partial charge in [-0.3, -0.25) is 0 Å². The highest BCUT2D eigenvalue weighted by atomic mass is 35.5. The Hall–Kier alpha value is -2.67. The summed E-state index contributed by atoms with van der Waals surface area (Å²) in [6, 6.07) is 1.93. The summed E-state index contributed by atoms with van der Waals surface area (Å²) in [6.07, 6.45) is 6.23. The van der Waals surface area contributed by atoms with E-state index in [1.165, 1.54) is 6.33 Å². The van der Waals surface area contributed by atoms with Crippen LogP contribution in [-0.4, -0.2) is 30.8 Å². The van der Waals surface area contributed by atoms with Crippen LogP contribution in [0.25, 0.3) is 28.4 Å². The lowest BCUT2D eigenvalue weighted by atomic mass is 10.1. The van der Waals surface area contributed by atoms with Gasteiger partial charge in [-0.05, 0) is 32.8 Å². The number of nitrogens with zero attached hydrogens (tertiary/aromatic N) is 4. The second-order valence-corrected chi connectivity index (χ2v) is 7.01. The smallest absolute Gasteiger partial charge is 0.328 e. The number of fused-ring (bicyclic) bond motifs is 1. The molecular formula is C18H17ClN4O3. The molecule has 8 heteroatoms. The minimum absolute atomic E-state index is 0.0282. The van der Waals surface area contributed by atoms with Gasteiger partial charge >= 0.3 is 5.97 Å². The lowest BCUT2D eigenvalue weighted by Gasteiger charge is -2.12. The van der Waals surface area contributed by atoms with Gasteiger partial charge in [0.1, 0.15) is 28.6 Å². The fourth-order valence-electron chi connectivity index (χ4n) is 3.18. The van der Waals surface area contributed by atoms with Gasteiger partial charge in [0, 0.05) is 29.7 Å². The summed E-state index contributed by atoms with van der Waals surface area (Å²) in [5.74, 6) is 0.221. The van der Waals surface area contributed by atoms with E-state index in [1.54, 1.807) is 6.08 Å². The monoisotopic (exact) mass is 372 g/mol. The first-order valence-electron chi connectivity index (χ1n) is 8.39. The summed E-state index contributed by atoms with van der Waals surface area (Å²) in [7, 11) is 0. The topological polar surface area (TPSA) is 94.0 Å². The van der Waals surface area contributed by atoms with E-state index in [4.69, 9.17) is 21.2 Å². The molecule has 0 bridgehead atoms.